The normalized spacial score (nSPS) is 16.8. The molecule has 0 radical (unpaired) electrons. The van der Waals surface area contributed by atoms with Crippen molar-refractivity contribution in [3.8, 4) is 0 Å². The Kier molecular flexibility index (Phi) is 4.69. The lowest BCUT2D eigenvalue weighted by atomic mass is 10.1. The second kappa shape index (κ2) is 6.92. The summed E-state index contributed by atoms with van der Waals surface area (Å²) in [5.41, 5.74) is 1.40. The van der Waals surface area contributed by atoms with Crippen LogP contribution in [-0.4, -0.2) is 25.2 Å². The van der Waals surface area contributed by atoms with Crippen LogP contribution in [0.1, 0.15) is 20.8 Å². The van der Waals surface area contributed by atoms with Gasteiger partial charge in [0.2, 0.25) is 5.95 Å². The lowest BCUT2D eigenvalue weighted by Crippen LogP contribution is -2.41. The van der Waals surface area contributed by atoms with Gasteiger partial charge in [0.15, 0.2) is 11.2 Å². The standard InChI is InChI=1S/C20H24BrN5O2/c1-12(2)9-26-18(27)16-17(23(4)20(26)28)22-19-24(10-13(3)11-25(16)19)15-7-5-14(21)6-8-15/h5-8,12-13H,9-11H2,1-4H3/t13-/m1/s1. The molecule has 7 nitrogen and oxygen atoms in total. The van der Waals surface area contributed by atoms with Crippen molar-refractivity contribution in [2.45, 2.75) is 33.9 Å². The van der Waals surface area contributed by atoms with Gasteiger partial charge in [-0.2, -0.15) is 4.98 Å². The van der Waals surface area contributed by atoms with Crippen molar-refractivity contribution in [1.29, 1.82) is 0 Å². The van der Waals surface area contributed by atoms with E-state index in [0.29, 0.717) is 36.1 Å². The first-order chi connectivity index (χ1) is 13.3. The zero-order valence-electron chi connectivity index (χ0n) is 16.5. The smallest absolute Gasteiger partial charge is 0.312 e. The number of anilines is 2. The Morgan fingerprint density at radius 2 is 1.86 bits per heavy atom. The van der Waals surface area contributed by atoms with Gasteiger partial charge in [-0.3, -0.25) is 13.9 Å². The summed E-state index contributed by atoms with van der Waals surface area (Å²) in [4.78, 5) is 32.9. The molecule has 0 amide bonds. The van der Waals surface area contributed by atoms with Gasteiger partial charge < -0.3 is 9.47 Å². The van der Waals surface area contributed by atoms with E-state index in [9.17, 15) is 9.59 Å². The number of hydrogen-bond acceptors (Lipinski definition) is 4. The third-order valence-corrected chi connectivity index (χ3v) is 5.66. The topological polar surface area (TPSA) is 65.1 Å². The predicted molar refractivity (Wildman–Crippen MR) is 114 cm³/mol. The van der Waals surface area contributed by atoms with Gasteiger partial charge >= 0.3 is 5.69 Å². The van der Waals surface area contributed by atoms with E-state index in [4.69, 9.17) is 4.98 Å². The minimum atomic E-state index is -0.315. The maximum Gasteiger partial charge on any atom is 0.332 e. The zero-order chi connectivity index (χ0) is 20.2. The molecule has 4 rings (SSSR count). The Labute approximate surface area is 171 Å². The van der Waals surface area contributed by atoms with Crippen LogP contribution in [0.5, 0.6) is 0 Å². The number of hydrogen-bond donors (Lipinski definition) is 0. The zero-order valence-corrected chi connectivity index (χ0v) is 18.1. The Hall–Kier alpha value is -2.35. The second-order valence-electron chi connectivity index (χ2n) is 8.04. The molecule has 28 heavy (non-hydrogen) atoms. The quantitative estimate of drug-likeness (QED) is 0.621. The van der Waals surface area contributed by atoms with Crippen LogP contribution < -0.4 is 16.1 Å². The molecule has 0 bridgehead atoms. The van der Waals surface area contributed by atoms with Gasteiger partial charge in [-0.25, -0.2) is 4.79 Å². The highest BCUT2D eigenvalue weighted by Gasteiger charge is 2.29. The molecule has 3 heterocycles. The molecule has 148 valence electrons. The van der Waals surface area contributed by atoms with Crippen LogP contribution in [0.15, 0.2) is 38.3 Å². The van der Waals surface area contributed by atoms with Crippen LogP contribution in [0.3, 0.4) is 0 Å². The highest BCUT2D eigenvalue weighted by molar-refractivity contribution is 9.10. The highest BCUT2D eigenvalue weighted by atomic mass is 79.9. The fourth-order valence-corrected chi connectivity index (χ4v) is 4.13. The number of aromatic nitrogens is 4. The summed E-state index contributed by atoms with van der Waals surface area (Å²) in [5, 5.41) is 0. The Balaban J connectivity index is 1.99. The molecule has 0 saturated carbocycles. The minimum Gasteiger partial charge on any atom is -0.312 e. The molecule has 3 aromatic rings. The number of aryl methyl sites for hydroxylation is 1. The van der Waals surface area contributed by atoms with Crippen molar-refractivity contribution in [2.75, 3.05) is 11.4 Å². The minimum absolute atomic E-state index is 0.199. The van der Waals surface area contributed by atoms with E-state index in [0.717, 1.165) is 16.7 Å². The van der Waals surface area contributed by atoms with Crippen molar-refractivity contribution in [2.24, 2.45) is 18.9 Å². The Bertz CT molecular complexity index is 1160. The Morgan fingerprint density at radius 3 is 2.50 bits per heavy atom. The molecule has 0 unspecified atom stereocenters. The molecule has 0 aliphatic carbocycles. The van der Waals surface area contributed by atoms with E-state index < -0.39 is 0 Å². The molecule has 8 heteroatoms. The largest absolute Gasteiger partial charge is 0.332 e. The number of rotatable bonds is 3. The molecular formula is C20H24BrN5O2. The summed E-state index contributed by atoms with van der Waals surface area (Å²) >= 11 is 3.47. The fraction of sp³-hybridized carbons (Fsp3) is 0.450. The summed E-state index contributed by atoms with van der Waals surface area (Å²) in [6.07, 6.45) is 0. The number of fused-ring (bicyclic) bond motifs is 3. The van der Waals surface area contributed by atoms with E-state index in [-0.39, 0.29) is 17.2 Å². The van der Waals surface area contributed by atoms with Crippen molar-refractivity contribution in [3.05, 3.63) is 49.6 Å². The molecular weight excluding hydrogens is 422 g/mol. The number of halogens is 1. The van der Waals surface area contributed by atoms with Gasteiger partial charge in [0.1, 0.15) is 0 Å². The molecule has 1 atom stereocenters. The van der Waals surface area contributed by atoms with Crippen LogP contribution in [0.2, 0.25) is 0 Å². The summed E-state index contributed by atoms with van der Waals surface area (Å²) in [6, 6.07) is 8.05. The van der Waals surface area contributed by atoms with E-state index in [1.807, 2.05) is 42.7 Å². The van der Waals surface area contributed by atoms with Crippen molar-refractivity contribution >= 4 is 38.7 Å². The molecule has 0 fully saturated rings. The second-order valence-corrected chi connectivity index (χ2v) is 8.95. The van der Waals surface area contributed by atoms with Crippen LogP contribution in [-0.2, 0) is 20.1 Å². The van der Waals surface area contributed by atoms with Gasteiger partial charge in [0.05, 0.1) is 0 Å². The average molecular weight is 446 g/mol. The third kappa shape index (κ3) is 2.99. The van der Waals surface area contributed by atoms with E-state index >= 15 is 0 Å². The van der Waals surface area contributed by atoms with Crippen LogP contribution >= 0.6 is 15.9 Å². The maximum atomic E-state index is 13.2. The van der Waals surface area contributed by atoms with E-state index in [1.165, 1.54) is 9.13 Å². The van der Waals surface area contributed by atoms with E-state index in [2.05, 4.69) is 27.8 Å². The summed E-state index contributed by atoms with van der Waals surface area (Å²) < 4.78 is 5.82. The van der Waals surface area contributed by atoms with Crippen LogP contribution in [0, 0.1) is 11.8 Å². The van der Waals surface area contributed by atoms with Gasteiger partial charge in [0.25, 0.3) is 5.56 Å². The van der Waals surface area contributed by atoms with Crippen molar-refractivity contribution in [1.82, 2.24) is 18.7 Å². The van der Waals surface area contributed by atoms with Gasteiger partial charge in [-0.1, -0.05) is 36.7 Å². The SMILES string of the molecule is CC(C)Cn1c(=O)c2c(nc3n2C[C@H](C)CN3c2ccc(Br)cc2)n(C)c1=O. The van der Waals surface area contributed by atoms with Crippen molar-refractivity contribution < 1.29 is 0 Å². The van der Waals surface area contributed by atoms with Crippen LogP contribution in [0.4, 0.5) is 11.6 Å². The summed E-state index contributed by atoms with van der Waals surface area (Å²) in [5.74, 6) is 1.25. The monoisotopic (exact) mass is 445 g/mol. The fourth-order valence-electron chi connectivity index (χ4n) is 3.87. The van der Waals surface area contributed by atoms with Gasteiger partial charge in [0, 0.05) is 36.8 Å². The molecule has 1 aromatic carbocycles. The Morgan fingerprint density at radius 1 is 1.18 bits per heavy atom. The molecule has 1 aliphatic heterocycles. The molecule has 0 N–H and O–H groups in total. The predicted octanol–water partition coefficient (Wildman–Crippen LogP) is 3.10. The maximum absolute atomic E-state index is 13.2. The highest BCUT2D eigenvalue weighted by Crippen LogP contribution is 2.33. The molecule has 2 aromatic heterocycles. The summed E-state index contributed by atoms with van der Waals surface area (Å²) in [6.45, 7) is 8.06. The van der Waals surface area contributed by atoms with Crippen molar-refractivity contribution in [3.63, 3.8) is 0 Å². The lowest BCUT2D eigenvalue weighted by Gasteiger charge is -2.33. The first-order valence-corrected chi connectivity index (χ1v) is 10.3. The number of nitrogens with zero attached hydrogens (tertiary/aromatic N) is 5. The summed E-state index contributed by atoms with van der Waals surface area (Å²) in [7, 11) is 1.69. The third-order valence-electron chi connectivity index (χ3n) is 5.13. The first kappa shape index (κ1) is 19.0. The first-order valence-electron chi connectivity index (χ1n) is 9.51. The average Bonchev–Trinajstić information content (AvgIpc) is 3.03. The number of benzene rings is 1. The van der Waals surface area contributed by atoms with Gasteiger partial charge in [-0.15, -0.1) is 0 Å². The van der Waals surface area contributed by atoms with E-state index in [1.54, 1.807) is 7.05 Å². The van der Waals surface area contributed by atoms with Gasteiger partial charge in [-0.05, 0) is 36.1 Å². The molecule has 1 aliphatic rings. The number of imidazole rings is 1. The molecule has 0 spiro atoms. The lowest BCUT2D eigenvalue weighted by molar-refractivity contribution is 0.454. The van der Waals surface area contributed by atoms with Crippen LogP contribution in [0.25, 0.3) is 11.2 Å². The molecule has 0 saturated heterocycles.